The lowest BCUT2D eigenvalue weighted by molar-refractivity contribution is -0.385. The summed E-state index contributed by atoms with van der Waals surface area (Å²) >= 11 is 0. The van der Waals surface area contributed by atoms with Crippen molar-refractivity contribution in [2.75, 3.05) is 6.54 Å². The highest BCUT2D eigenvalue weighted by Crippen LogP contribution is 2.19. The van der Waals surface area contributed by atoms with Crippen molar-refractivity contribution in [2.45, 2.75) is 12.2 Å². The minimum atomic E-state index is -3.63. The molecule has 2 aromatic rings. The molecule has 0 aliphatic rings. The van der Waals surface area contributed by atoms with Gasteiger partial charge < -0.3 is 4.98 Å². The predicted molar refractivity (Wildman–Crippen MR) is 76.0 cm³/mol. The van der Waals surface area contributed by atoms with E-state index in [2.05, 4.69) is 14.7 Å². The second-order valence-corrected chi connectivity index (χ2v) is 6.17. The van der Waals surface area contributed by atoms with Gasteiger partial charge in [-0.25, -0.2) is 18.1 Å². The van der Waals surface area contributed by atoms with Crippen LogP contribution in [-0.4, -0.2) is 29.9 Å². The molecule has 21 heavy (non-hydrogen) atoms. The maximum absolute atomic E-state index is 11.9. The number of hydrogen-bond acceptors (Lipinski definition) is 5. The van der Waals surface area contributed by atoms with Gasteiger partial charge in [-0.1, -0.05) is 18.2 Å². The minimum Gasteiger partial charge on any atom is -0.348 e. The van der Waals surface area contributed by atoms with E-state index in [1.807, 2.05) is 0 Å². The molecule has 0 atom stereocenters. The summed E-state index contributed by atoms with van der Waals surface area (Å²) in [5.41, 5.74) is 0.774. The Balaban J connectivity index is 1.99. The Labute approximate surface area is 121 Å². The fraction of sp³-hybridized carbons (Fsp3) is 0.250. The second kappa shape index (κ2) is 6.46. The van der Waals surface area contributed by atoms with Gasteiger partial charge >= 0.3 is 0 Å². The van der Waals surface area contributed by atoms with E-state index in [9.17, 15) is 18.5 Å². The third kappa shape index (κ3) is 4.36. The topological polar surface area (TPSA) is 118 Å². The van der Waals surface area contributed by atoms with E-state index in [0.717, 1.165) is 5.69 Å². The Morgan fingerprint density at radius 3 is 2.76 bits per heavy atom. The van der Waals surface area contributed by atoms with Crippen molar-refractivity contribution in [1.29, 1.82) is 0 Å². The lowest BCUT2D eigenvalue weighted by Gasteiger charge is -2.06. The van der Waals surface area contributed by atoms with Gasteiger partial charge in [-0.15, -0.1) is 0 Å². The summed E-state index contributed by atoms with van der Waals surface area (Å²) < 4.78 is 26.3. The molecule has 1 aromatic carbocycles. The van der Waals surface area contributed by atoms with E-state index < -0.39 is 20.7 Å². The molecule has 0 aliphatic heterocycles. The number of H-pyrrole nitrogens is 1. The number of aromatic amines is 1. The molecular formula is C12H14N4O4S. The Kier molecular flexibility index (Phi) is 4.66. The van der Waals surface area contributed by atoms with Gasteiger partial charge in [-0.3, -0.25) is 10.1 Å². The Morgan fingerprint density at radius 2 is 2.10 bits per heavy atom. The van der Waals surface area contributed by atoms with Crippen LogP contribution in [0.2, 0.25) is 0 Å². The third-order valence-electron chi connectivity index (χ3n) is 2.81. The van der Waals surface area contributed by atoms with Gasteiger partial charge in [-0.05, 0) is 0 Å². The van der Waals surface area contributed by atoms with Crippen LogP contribution in [0, 0.1) is 10.1 Å². The average Bonchev–Trinajstić information content (AvgIpc) is 2.91. The molecular weight excluding hydrogens is 296 g/mol. The fourth-order valence-electron chi connectivity index (χ4n) is 1.83. The van der Waals surface area contributed by atoms with Crippen LogP contribution in [0.3, 0.4) is 0 Å². The number of sulfonamides is 1. The summed E-state index contributed by atoms with van der Waals surface area (Å²) in [6.07, 6.45) is 3.59. The van der Waals surface area contributed by atoms with Crippen LogP contribution >= 0.6 is 0 Å². The quantitative estimate of drug-likeness (QED) is 0.584. The van der Waals surface area contributed by atoms with Crippen LogP contribution in [0.1, 0.15) is 11.3 Å². The molecule has 1 heterocycles. The number of nitrogens with zero attached hydrogens (tertiary/aromatic N) is 2. The lowest BCUT2D eigenvalue weighted by atomic mass is 10.2. The molecule has 0 spiro atoms. The van der Waals surface area contributed by atoms with Crippen LogP contribution in [0.4, 0.5) is 5.69 Å². The molecule has 8 nitrogen and oxygen atoms in total. The number of hydrogen-bond donors (Lipinski definition) is 2. The van der Waals surface area contributed by atoms with E-state index >= 15 is 0 Å². The number of nitrogens with one attached hydrogen (secondary N) is 2. The maximum Gasteiger partial charge on any atom is 0.273 e. The number of para-hydroxylation sites is 1. The number of nitro benzene ring substituents is 1. The first-order valence-electron chi connectivity index (χ1n) is 6.15. The summed E-state index contributed by atoms with van der Waals surface area (Å²) in [5.74, 6) is -0.423. The molecule has 0 saturated heterocycles. The van der Waals surface area contributed by atoms with Gasteiger partial charge in [-0.2, -0.15) is 0 Å². The highest BCUT2D eigenvalue weighted by molar-refractivity contribution is 7.88. The molecule has 9 heteroatoms. The molecule has 0 saturated carbocycles. The molecule has 0 bridgehead atoms. The summed E-state index contributed by atoms with van der Waals surface area (Å²) in [7, 11) is -3.63. The number of nitro groups is 1. The van der Waals surface area contributed by atoms with E-state index in [1.165, 1.54) is 24.5 Å². The van der Waals surface area contributed by atoms with Crippen molar-refractivity contribution in [1.82, 2.24) is 14.7 Å². The summed E-state index contributed by atoms with van der Waals surface area (Å²) in [6.45, 7) is 0.200. The normalized spacial score (nSPS) is 11.4. The smallest absolute Gasteiger partial charge is 0.273 e. The summed E-state index contributed by atoms with van der Waals surface area (Å²) in [6, 6.07) is 5.80. The molecule has 112 valence electrons. The van der Waals surface area contributed by atoms with Gasteiger partial charge in [0, 0.05) is 36.5 Å². The second-order valence-electron chi connectivity index (χ2n) is 4.37. The van der Waals surface area contributed by atoms with Crippen molar-refractivity contribution >= 4 is 15.7 Å². The van der Waals surface area contributed by atoms with Crippen molar-refractivity contribution in [3.8, 4) is 0 Å². The van der Waals surface area contributed by atoms with E-state index in [1.54, 1.807) is 12.3 Å². The molecule has 2 N–H and O–H groups in total. The predicted octanol–water partition coefficient (Wildman–Crippen LogP) is 0.980. The van der Waals surface area contributed by atoms with Gasteiger partial charge in [0.2, 0.25) is 10.0 Å². The zero-order valence-corrected chi connectivity index (χ0v) is 11.8. The molecule has 0 aliphatic carbocycles. The first kappa shape index (κ1) is 15.1. The highest BCUT2D eigenvalue weighted by Gasteiger charge is 2.19. The number of benzene rings is 1. The van der Waals surface area contributed by atoms with Gasteiger partial charge in [0.05, 0.1) is 17.0 Å². The van der Waals surface area contributed by atoms with Crippen molar-refractivity contribution in [3.05, 3.63) is 58.2 Å². The van der Waals surface area contributed by atoms with E-state index in [4.69, 9.17) is 0 Å². The Morgan fingerprint density at radius 1 is 1.33 bits per heavy atom. The van der Waals surface area contributed by atoms with Gasteiger partial charge in [0.1, 0.15) is 0 Å². The van der Waals surface area contributed by atoms with E-state index in [-0.39, 0.29) is 17.8 Å². The average molecular weight is 310 g/mol. The molecule has 0 amide bonds. The first-order chi connectivity index (χ1) is 9.98. The molecule has 1 aromatic heterocycles. The number of imidazole rings is 1. The molecule has 2 rings (SSSR count). The minimum absolute atomic E-state index is 0.163. The Hall–Kier alpha value is -2.26. The van der Waals surface area contributed by atoms with Crippen LogP contribution in [0.5, 0.6) is 0 Å². The van der Waals surface area contributed by atoms with Crippen LogP contribution < -0.4 is 4.72 Å². The molecule has 0 radical (unpaired) electrons. The zero-order chi connectivity index (χ0) is 15.3. The van der Waals surface area contributed by atoms with Crippen LogP contribution in [0.15, 0.2) is 36.8 Å². The van der Waals surface area contributed by atoms with E-state index in [0.29, 0.717) is 6.42 Å². The van der Waals surface area contributed by atoms with Crippen molar-refractivity contribution < 1.29 is 13.3 Å². The zero-order valence-electron chi connectivity index (χ0n) is 11.0. The lowest BCUT2D eigenvalue weighted by Crippen LogP contribution is -2.27. The monoisotopic (exact) mass is 310 g/mol. The summed E-state index contributed by atoms with van der Waals surface area (Å²) in [4.78, 5) is 17.0. The largest absolute Gasteiger partial charge is 0.348 e. The number of aromatic nitrogens is 2. The van der Waals surface area contributed by atoms with Crippen LogP contribution in [-0.2, 0) is 22.2 Å². The fourth-order valence-corrected chi connectivity index (χ4v) is 3.00. The van der Waals surface area contributed by atoms with Gasteiger partial charge in [0.25, 0.3) is 5.69 Å². The molecule has 0 unspecified atom stereocenters. The first-order valence-corrected chi connectivity index (χ1v) is 7.80. The number of rotatable bonds is 7. The maximum atomic E-state index is 11.9. The van der Waals surface area contributed by atoms with Crippen LogP contribution in [0.25, 0.3) is 0 Å². The van der Waals surface area contributed by atoms with Crippen molar-refractivity contribution in [3.63, 3.8) is 0 Å². The highest BCUT2D eigenvalue weighted by atomic mass is 32.2. The third-order valence-corrected chi connectivity index (χ3v) is 4.14. The Bertz CT molecular complexity index is 713. The standard InChI is InChI=1S/C12H14N4O4S/c17-16(18)12-4-2-1-3-10(12)8-21(19,20)15-6-5-11-7-13-9-14-11/h1-4,7,9,15H,5-6,8H2,(H,13,14). The van der Waals surface area contributed by atoms with Gasteiger partial charge in [0.15, 0.2) is 0 Å². The summed E-state index contributed by atoms with van der Waals surface area (Å²) in [5, 5.41) is 10.9. The molecule has 0 fully saturated rings. The van der Waals surface area contributed by atoms with Crippen molar-refractivity contribution in [2.24, 2.45) is 0 Å². The SMILES string of the molecule is O=[N+]([O-])c1ccccc1CS(=O)(=O)NCCc1cnc[nH]1.